The van der Waals surface area contributed by atoms with E-state index >= 15 is 0 Å². The first-order valence-electron chi connectivity index (χ1n) is 7.22. The van der Waals surface area contributed by atoms with Gasteiger partial charge in [-0.1, -0.05) is 30.3 Å². The molecule has 0 aromatic heterocycles. The smallest absolute Gasteiger partial charge is 0.127 e. The van der Waals surface area contributed by atoms with Gasteiger partial charge in [0.25, 0.3) is 0 Å². The molecule has 0 bridgehead atoms. The number of hydrogen-bond donors (Lipinski definition) is 2. The van der Waals surface area contributed by atoms with Crippen LogP contribution in [0.5, 0.6) is 11.5 Å². The highest BCUT2D eigenvalue weighted by Gasteiger charge is 2.01. The van der Waals surface area contributed by atoms with E-state index in [0.29, 0.717) is 0 Å². The van der Waals surface area contributed by atoms with Gasteiger partial charge < -0.3 is 15.4 Å². The van der Waals surface area contributed by atoms with Crippen LogP contribution in [0.3, 0.4) is 0 Å². The molecule has 3 heteroatoms. The Kier molecular flexibility index (Phi) is 4.25. The second kappa shape index (κ2) is 6.68. The van der Waals surface area contributed by atoms with Crippen LogP contribution < -0.4 is 15.4 Å². The van der Waals surface area contributed by atoms with Gasteiger partial charge in [-0.2, -0.15) is 0 Å². The number of para-hydroxylation sites is 3. The van der Waals surface area contributed by atoms with Crippen molar-refractivity contribution in [2.75, 3.05) is 17.7 Å². The van der Waals surface area contributed by atoms with E-state index in [1.54, 1.807) is 0 Å². The standard InChI is InChI=1S/C19H18N2O/c1-20-18-9-5-6-10-19(18)21-15-11-13-17(14-12-15)22-16-7-3-2-4-8-16/h2-14,20-21H,1H3. The van der Waals surface area contributed by atoms with Crippen LogP contribution in [-0.2, 0) is 0 Å². The Bertz CT molecular complexity index is 724. The van der Waals surface area contributed by atoms with Gasteiger partial charge in [-0.25, -0.2) is 0 Å². The van der Waals surface area contributed by atoms with Gasteiger partial charge in [-0.15, -0.1) is 0 Å². The zero-order chi connectivity index (χ0) is 15.2. The lowest BCUT2D eigenvalue weighted by Gasteiger charge is -2.12. The monoisotopic (exact) mass is 290 g/mol. The first-order chi connectivity index (χ1) is 10.8. The van der Waals surface area contributed by atoms with Crippen molar-refractivity contribution in [3.8, 4) is 11.5 Å². The lowest BCUT2D eigenvalue weighted by molar-refractivity contribution is 0.483. The molecule has 0 heterocycles. The summed E-state index contributed by atoms with van der Waals surface area (Å²) in [5.41, 5.74) is 3.12. The number of nitrogens with one attached hydrogen (secondary N) is 2. The second-order valence-electron chi connectivity index (χ2n) is 4.86. The van der Waals surface area contributed by atoms with Crippen LogP contribution >= 0.6 is 0 Å². The molecule has 0 atom stereocenters. The first-order valence-corrected chi connectivity index (χ1v) is 7.22. The van der Waals surface area contributed by atoms with E-state index < -0.39 is 0 Å². The summed E-state index contributed by atoms with van der Waals surface area (Å²) in [6, 6.07) is 25.8. The summed E-state index contributed by atoms with van der Waals surface area (Å²) in [5.74, 6) is 1.65. The van der Waals surface area contributed by atoms with E-state index in [0.717, 1.165) is 28.6 Å². The van der Waals surface area contributed by atoms with E-state index in [9.17, 15) is 0 Å². The van der Waals surface area contributed by atoms with Gasteiger partial charge in [0, 0.05) is 12.7 Å². The van der Waals surface area contributed by atoms with Crippen molar-refractivity contribution < 1.29 is 4.74 Å². The zero-order valence-corrected chi connectivity index (χ0v) is 12.4. The van der Waals surface area contributed by atoms with Crippen LogP contribution in [0.15, 0.2) is 78.9 Å². The van der Waals surface area contributed by atoms with Gasteiger partial charge in [0.1, 0.15) is 11.5 Å². The van der Waals surface area contributed by atoms with Crippen molar-refractivity contribution in [2.45, 2.75) is 0 Å². The summed E-state index contributed by atoms with van der Waals surface area (Å²) in [6.45, 7) is 0. The molecule has 3 rings (SSSR count). The largest absolute Gasteiger partial charge is 0.457 e. The lowest BCUT2D eigenvalue weighted by atomic mass is 10.2. The minimum Gasteiger partial charge on any atom is -0.457 e. The molecule has 110 valence electrons. The predicted octanol–water partition coefficient (Wildman–Crippen LogP) is 5.26. The van der Waals surface area contributed by atoms with E-state index in [4.69, 9.17) is 4.74 Å². The SMILES string of the molecule is CNc1ccccc1Nc1ccc(Oc2ccccc2)cc1. The molecule has 0 radical (unpaired) electrons. The molecule has 3 aromatic rings. The topological polar surface area (TPSA) is 33.3 Å². The molecule has 2 N–H and O–H groups in total. The highest BCUT2D eigenvalue weighted by molar-refractivity contribution is 5.74. The fourth-order valence-electron chi connectivity index (χ4n) is 2.20. The average Bonchev–Trinajstić information content (AvgIpc) is 2.58. The molecule has 0 saturated carbocycles. The maximum atomic E-state index is 5.79. The summed E-state index contributed by atoms with van der Waals surface area (Å²) in [4.78, 5) is 0. The molecular weight excluding hydrogens is 272 g/mol. The van der Waals surface area contributed by atoms with Crippen LogP contribution in [0.1, 0.15) is 0 Å². The molecule has 0 aliphatic carbocycles. The number of anilines is 3. The maximum Gasteiger partial charge on any atom is 0.127 e. The first kappa shape index (κ1) is 14.0. The summed E-state index contributed by atoms with van der Waals surface area (Å²) < 4.78 is 5.79. The van der Waals surface area contributed by atoms with Crippen molar-refractivity contribution in [1.82, 2.24) is 0 Å². The van der Waals surface area contributed by atoms with Crippen molar-refractivity contribution in [3.05, 3.63) is 78.9 Å². The summed E-state index contributed by atoms with van der Waals surface area (Å²) in [6.07, 6.45) is 0. The molecule has 0 saturated heterocycles. The molecule has 0 aliphatic rings. The Hall–Kier alpha value is -2.94. The number of benzene rings is 3. The van der Waals surface area contributed by atoms with Crippen LogP contribution in [0.4, 0.5) is 17.1 Å². The molecule has 0 aliphatic heterocycles. The normalized spacial score (nSPS) is 10.0. The molecule has 3 nitrogen and oxygen atoms in total. The fourth-order valence-corrected chi connectivity index (χ4v) is 2.20. The summed E-state index contributed by atoms with van der Waals surface area (Å²) in [7, 11) is 1.91. The molecule has 0 unspecified atom stereocenters. The zero-order valence-electron chi connectivity index (χ0n) is 12.4. The Labute approximate surface area is 130 Å². The average molecular weight is 290 g/mol. The maximum absolute atomic E-state index is 5.79. The van der Waals surface area contributed by atoms with Gasteiger partial charge in [0.15, 0.2) is 0 Å². The number of ether oxygens (including phenoxy) is 1. The minimum absolute atomic E-state index is 0.818. The Morgan fingerprint density at radius 2 is 1.23 bits per heavy atom. The molecule has 0 fully saturated rings. The summed E-state index contributed by atoms with van der Waals surface area (Å²) in [5, 5.41) is 6.57. The molecular formula is C19H18N2O. The number of hydrogen-bond acceptors (Lipinski definition) is 3. The van der Waals surface area contributed by atoms with E-state index in [2.05, 4.69) is 10.6 Å². The third-order valence-electron chi connectivity index (χ3n) is 3.31. The van der Waals surface area contributed by atoms with E-state index in [-0.39, 0.29) is 0 Å². The molecule has 22 heavy (non-hydrogen) atoms. The van der Waals surface area contributed by atoms with E-state index in [1.165, 1.54) is 0 Å². The third-order valence-corrected chi connectivity index (χ3v) is 3.31. The van der Waals surface area contributed by atoms with Crippen molar-refractivity contribution in [1.29, 1.82) is 0 Å². The van der Waals surface area contributed by atoms with Gasteiger partial charge in [-0.05, 0) is 48.5 Å². The van der Waals surface area contributed by atoms with Crippen molar-refractivity contribution >= 4 is 17.1 Å². The van der Waals surface area contributed by atoms with Crippen LogP contribution in [0, 0.1) is 0 Å². The highest BCUT2D eigenvalue weighted by Crippen LogP contribution is 2.27. The predicted molar refractivity (Wildman–Crippen MR) is 92.2 cm³/mol. The Morgan fingerprint density at radius 1 is 0.636 bits per heavy atom. The minimum atomic E-state index is 0.818. The highest BCUT2D eigenvalue weighted by atomic mass is 16.5. The van der Waals surface area contributed by atoms with Crippen LogP contribution in [0.2, 0.25) is 0 Å². The Morgan fingerprint density at radius 3 is 1.91 bits per heavy atom. The molecule has 3 aromatic carbocycles. The van der Waals surface area contributed by atoms with Gasteiger partial charge in [-0.3, -0.25) is 0 Å². The second-order valence-corrected chi connectivity index (χ2v) is 4.86. The lowest BCUT2D eigenvalue weighted by Crippen LogP contribution is -1.96. The van der Waals surface area contributed by atoms with Crippen LogP contribution in [0.25, 0.3) is 0 Å². The van der Waals surface area contributed by atoms with E-state index in [1.807, 2.05) is 85.9 Å². The van der Waals surface area contributed by atoms with Gasteiger partial charge in [0.05, 0.1) is 11.4 Å². The quantitative estimate of drug-likeness (QED) is 0.672. The Balaban J connectivity index is 1.72. The van der Waals surface area contributed by atoms with Crippen LogP contribution in [-0.4, -0.2) is 7.05 Å². The molecule has 0 amide bonds. The third kappa shape index (κ3) is 3.38. The fraction of sp³-hybridized carbons (Fsp3) is 0.0526. The van der Waals surface area contributed by atoms with Crippen molar-refractivity contribution in [2.24, 2.45) is 0 Å². The molecule has 0 spiro atoms. The van der Waals surface area contributed by atoms with Gasteiger partial charge in [0.2, 0.25) is 0 Å². The van der Waals surface area contributed by atoms with Crippen molar-refractivity contribution in [3.63, 3.8) is 0 Å². The number of rotatable bonds is 5. The summed E-state index contributed by atoms with van der Waals surface area (Å²) >= 11 is 0. The van der Waals surface area contributed by atoms with Gasteiger partial charge >= 0.3 is 0 Å².